The molecule has 0 heterocycles. The monoisotopic (exact) mass is 375 g/mol. The van der Waals surface area contributed by atoms with Crippen LogP contribution in [0.4, 0.5) is 0 Å². The average molecular weight is 376 g/mol. The van der Waals surface area contributed by atoms with Gasteiger partial charge in [0.15, 0.2) is 0 Å². The van der Waals surface area contributed by atoms with Gasteiger partial charge in [-0.25, -0.2) is 0 Å². The lowest BCUT2D eigenvalue weighted by Gasteiger charge is -2.24. The number of esters is 1. The molecule has 0 aliphatic rings. The summed E-state index contributed by atoms with van der Waals surface area (Å²) >= 11 is 0. The Bertz CT molecular complexity index is 637. The molecule has 0 fully saturated rings. The van der Waals surface area contributed by atoms with Crippen molar-refractivity contribution < 1.29 is 19.1 Å². The van der Waals surface area contributed by atoms with E-state index >= 15 is 0 Å². The van der Waals surface area contributed by atoms with Crippen molar-refractivity contribution >= 4 is 18.0 Å². The van der Waals surface area contributed by atoms with Gasteiger partial charge in [-0.3, -0.25) is 9.59 Å². The highest BCUT2D eigenvalue weighted by Crippen LogP contribution is 2.16. The molecule has 5 heteroatoms. The molecule has 1 rings (SSSR count). The molecule has 27 heavy (non-hydrogen) atoms. The van der Waals surface area contributed by atoms with Gasteiger partial charge < -0.3 is 14.4 Å². The van der Waals surface area contributed by atoms with Crippen LogP contribution in [0.3, 0.4) is 0 Å². The Kier molecular flexibility index (Phi) is 9.62. The van der Waals surface area contributed by atoms with Gasteiger partial charge in [0.25, 0.3) is 0 Å². The van der Waals surface area contributed by atoms with Crippen LogP contribution in [0.5, 0.6) is 5.75 Å². The Morgan fingerprint density at radius 1 is 1.15 bits per heavy atom. The first kappa shape index (κ1) is 22.7. The van der Waals surface area contributed by atoms with E-state index in [-0.39, 0.29) is 23.9 Å². The van der Waals surface area contributed by atoms with Crippen LogP contribution in [-0.2, 0) is 14.3 Å². The first-order valence-corrected chi connectivity index (χ1v) is 9.54. The average Bonchev–Trinajstić information content (AvgIpc) is 2.61. The molecule has 0 N–H and O–H groups in total. The highest BCUT2D eigenvalue weighted by Gasteiger charge is 2.20. The molecule has 0 aromatic heterocycles. The Hall–Kier alpha value is -2.30. The highest BCUT2D eigenvalue weighted by atomic mass is 16.5. The molecule has 0 aliphatic heterocycles. The van der Waals surface area contributed by atoms with Gasteiger partial charge >= 0.3 is 5.97 Å². The molecule has 1 atom stereocenters. The van der Waals surface area contributed by atoms with E-state index in [1.807, 2.05) is 38.1 Å². The predicted octanol–water partition coefficient (Wildman–Crippen LogP) is 4.17. The minimum Gasteiger partial charge on any atom is -0.491 e. The Labute approximate surface area is 163 Å². The molecule has 1 unspecified atom stereocenters. The largest absolute Gasteiger partial charge is 0.491 e. The van der Waals surface area contributed by atoms with E-state index < -0.39 is 0 Å². The van der Waals surface area contributed by atoms with Crippen LogP contribution in [-0.4, -0.2) is 43.1 Å². The van der Waals surface area contributed by atoms with Crippen LogP contribution < -0.4 is 4.74 Å². The summed E-state index contributed by atoms with van der Waals surface area (Å²) in [6.07, 6.45) is 4.31. The van der Waals surface area contributed by atoms with Gasteiger partial charge in [-0.2, -0.15) is 0 Å². The zero-order valence-corrected chi connectivity index (χ0v) is 17.4. The molecule has 150 valence electrons. The maximum atomic E-state index is 12.7. The van der Waals surface area contributed by atoms with Gasteiger partial charge in [-0.15, -0.1) is 0 Å². The van der Waals surface area contributed by atoms with Gasteiger partial charge in [-0.1, -0.05) is 32.9 Å². The van der Waals surface area contributed by atoms with Crippen molar-refractivity contribution in [1.82, 2.24) is 4.90 Å². The van der Waals surface area contributed by atoms with Crippen molar-refractivity contribution in [2.24, 2.45) is 11.8 Å². The van der Waals surface area contributed by atoms with Crippen molar-refractivity contribution in [3.8, 4) is 5.75 Å². The van der Waals surface area contributed by atoms with E-state index in [4.69, 9.17) is 9.47 Å². The summed E-state index contributed by atoms with van der Waals surface area (Å²) in [7, 11) is 1.37. The van der Waals surface area contributed by atoms with Crippen LogP contribution in [0.1, 0.15) is 46.6 Å². The normalized spacial score (nSPS) is 12.4. The number of hydrogen-bond acceptors (Lipinski definition) is 4. The van der Waals surface area contributed by atoms with Crippen LogP contribution in [0.25, 0.3) is 6.08 Å². The van der Waals surface area contributed by atoms with E-state index in [2.05, 4.69) is 13.8 Å². The second kappa shape index (κ2) is 11.4. The van der Waals surface area contributed by atoms with Gasteiger partial charge in [0.1, 0.15) is 5.75 Å². The van der Waals surface area contributed by atoms with Crippen LogP contribution in [0, 0.1) is 11.8 Å². The molecule has 0 bridgehead atoms. The zero-order valence-electron chi connectivity index (χ0n) is 17.4. The number of ether oxygens (including phenoxy) is 2. The van der Waals surface area contributed by atoms with E-state index in [1.165, 1.54) is 7.11 Å². The number of rotatable bonds is 10. The fraction of sp³-hybridized carbons (Fsp3) is 0.545. The molecule has 0 spiro atoms. The second-order valence-electron chi connectivity index (χ2n) is 7.46. The summed E-state index contributed by atoms with van der Waals surface area (Å²) in [5.74, 6) is 0.474. The maximum absolute atomic E-state index is 12.7. The lowest BCUT2D eigenvalue weighted by Crippen LogP contribution is -2.37. The molecule has 0 saturated heterocycles. The molecule has 1 amide bonds. The Balaban J connectivity index is 2.84. The number of amides is 1. The van der Waals surface area contributed by atoms with Crippen molar-refractivity contribution in [2.45, 2.75) is 47.1 Å². The summed E-state index contributed by atoms with van der Waals surface area (Å²) in [4.78, 5) is 26.1. The Morgan fingerprint density at radius 3 is 2.44 bits per heavy atom. The van der Waals surface area contributed by atoms with Crippen LogP contribution in [0.2, 0.25) is 0 Å². The number of carbonyl (C=O) groups excluding carboxylic acids is 2. The summed E-state index contributed by atoms with van der Waals surface area (Å²) in [6, 6.07) is 7.62. The van der Waals surface area contributed by atoms with E-state index in [9.17, 15) is 9.59 Å². The third kappa shape index (κ3) is 8.76. The van der Waals surface area contributed by atoms with Crippen LogP contribution >= 0.6 is 0 Å². The predicted molar refractivity (Wildman–Crippen MR) is 108 cm³/mol. The smallest absolute Gasteiger partial charge is 0.310 e. The van der Waals surface area contributed by atoms with E-state index in [0.717, 1.165) is 17.7 Å². The van der Waals surface area contributed by atoms with Crippen molar-refractivity contribution in [3.63, 3.8) is 0 Å². The second-order valence-corrected chi connectivity index (χ2v) is 7.46. The SMILES string of the molecule is COC(=O)C(C)CN(CCC(C)C)C(=O)/C=C/c1cccc(OC(C)C)c1. The van der Waals surface area contributed by atoms with Gasteiger partial charge in [-0.05, 0) is 50.0 Å². The van der Waals surface area contributed by atoms with Crippen LogP contribution in [0.15, 0.2) is 30.3 Å². The van der Waals surface area contributed by atoms with E-state index in [1.54, 1.807) is 24.0 Å². The van der Waals surface area contributed by atoms with Gasteiger partial charge in [0.2, 0.25) is 5.91 Å². The number of nitrogens with zero attached hydrogens (tertiary/aromatic N) is 1. The van der Waals surface area contributed by atoms with Crippen molar-refractivity contribution in [3.05, 3.63) is 35.9 Å². The molecule has 1 aromatic carbocycles. The third-order valence-electron chi connectivity index (χ3n) is 4.03. The van der Waals surface area contributed by atoms with Gasteiger partial charge in [0, 0.05) is 19.2 Å². The van der Waals surface area contributed by atoms with Crippen molar-refractivity contribution in [1.29, 1.82) is 0 Å². The first-order valence-electron chi connectivity index (χ1n) is 9.54. The molecular weight excluding hydrogens is 342 g/mol. The number of hydrogen-bond donors (Lipinski definition) is 0. The highest BCUT2D eigenvalue weighted by molar-refractivity contribution is 5.92. The number of benzene rings is 1. The fourth-order valence-electron chi connectivity index (χ4n) is 2.55. The van der Waals surface area contributed by atoms with Crippen molar-refractivity contribution in [2.75, 3.05) is 20.2 Å². The quantitative estimate of drug-likeness (QED) is 0.455. The topological polar surface area (TPSA) is 55.8 Å². The van der Waals surface area contributed by atoms with E-state index in [0.29, 0.717) is 19.0 Å². The zero-order chi connectivity index (χ0) is 20.4. The molecule has 0 radical (unpaired) electrons. The fourth-order valence-corrected chi connectivity index (χ4v) is 2.55. The molecule has 1 aromatic rings. The molecule has 0 aliphatic carbocycles. The summed E-state index contributed by atoms with van der Waals surface area (Å²) in [5, 5.41) is 0. The molecular formula is C22H33NO4. The Morgan fingerprint density at radius 2 is 1.85 bits per heavy atom. The van der Waals surface area contributed by atoms with Gasteiger partial charge in [0.05, 0.1) is 19.1 Å². The minimum absolute atomic E-state index is 0.0946. The first-order chi connectivity index (χ1) is 12.7. The maximum Gasteiger partial charge on any atom is 0.310 e. The minimum atomic E-state index is -0.359. The lowest BCUT2D eigenvalue weighted by molar-refractivity contribution is -0.146. The standard InChI is InChI=1S/C22H33NO4/c1-16(2)12-13-23(15-18(5)22(25)26-6)21(24)11-10-19-8-7-9-20(14-19)27-17(3)4/h7-11,14,16-18H,12-13,15H2,1-6H3/b11-10+. The number of carbonyl (C=O) groups is 2. The third-order valence-corrected chi connectivity index (χ3v) is 4.03. The molecule has 5 nitrogen and oxygen atoms in total. The number of methoxy groups -OCH3 is 1. The summed E-state index contributed by atoms with van der Waals surface area (Å²) in [6.45, 7) is 10.9. The summed E-state index contributed by atoms with van der Waals surface area (Å²) < 4.78 is 10.5. The summed E-state index contributed by atoms with van der Waals surface area (Å²) in [5.41, 5.74) is 0.895. The molecule has 0 saturated carbocycles. The lowest BCUT2D eigenvalue weighted by atomic mass is 10.1.